The number of carbonyl (C=O) groups excluding carboxylic acids is 2. The van der Waals surface area contributed by atoms with Crippen LogP contribution in [-0.4, -0.2) is 37.8 Å². The predicted octanol–water partition coefficient (Wildman–Crippen LogP) is 4.26. The number of ether oxygens (including phenoxy) is 1. The summed E-state index contributed by atoms with van der Waals surface area (Å²) in [6.45, 7) is 9.70. The highest BCUT2D eigenvalue weighted by atomic mass is 79.9. The smallest absolute Gasteiger partial charge is 0.328 e. The Morgan fingerprint density at radius 3 is 2.35 bits per heavy atom. The molecule has 0 saturated heterocycles. The predicted molar refractivity (Wildman–Crippen MR) is 110 cm³/mol. The molecule has 0 saturated carbocycles. The maximum atomic E-state index is 12.3. The number of esters is 1. The van der Waals surface area contributed by atoms with Gasteiger partial charge in [-0.1, -0.05) is 29.8 Å². The van der Waals surface area contributed by atoms with E-state index in [4.69, 9.17) is 4.74 Å². The van der Waals surface area contributed by atoms with E-state index >= 15 is 0 Å². The highest BCUT2D eigenvalue weighted by Crippen LogP contribution is 2.40. The number of rotatable bonds is 8. The lowest BCUT2D eigenvalue weighted by atomic mass is 10.0. The Hall–Kier alpha value is -1.38. The third-order valence-electron chi connectivity index (χ3n) is 4.69. The number of hydrogen-bond donors (Lipinski definition) is 3. The van der Waals surface area contributed by atoms with Gasteiger partial charge in [0.1, 0.15) is 6.04 Å². The summed E-state index contributed by atoms with van der Waals surface area (Å²) in [5.74, 6) is -0.466. The van der Waals surface area contributed by atoms with Gasteiger partial charge in [0.2, 0.25) is 0 Å². The van der Waals surface area contributed by atoms with Gasteiger partial charge in [0.15, 0.2) is 8.32 Å². The van der Waals surface area contributed by atoms with Crippen molar-refractivity contribution in [3.63, 3.8) is 0 Å². The third-order valence-corrected chi connectivity index (χ3v) is 8.78. The van der Waals surface area contributed by atoms with Gasteiger partial charge in [-0.05, 0) is 62.2 Å². The normalized spacial score (nSPS) is 13.0. The summed E-state index contributed by atoms with van der Waals surface area (Å²) in [5, 5.41) is 5.10. The molecule has 1 rings (SSSR count). The number of anilines is 1. The SMILES string of the molecule is CCOC(=O)[C@H](CCC(C)(C)[Si](C)(C)O)NC(=O)Nc1ccc(Br)cc1. The van der Waals surface area contributed by atoms with Crippen LogP contribution >= 0.6 is 15.9 Å². The Labute approximate surface area is 165 Å². The fourth-order valence-electron chi connectivity index (χ4n) is 2.16. The van der Waals surface area contributed by atoms with Gasteiger partial charge in [-0.3, -0.25) is 0 Å². The molecule has 1 aromatic carbocycles. The minimum Gasteiger partial charge on any atom is -0.464 e. The van der Waals surface area contributed by atoms with Crippen LogP contribution in [-0.2, 0) is 9.53 Å². The first-order valence-corrected chi connectivity index (χ1v) is 12.4. The van der Waals surface area contributed by atoms with Crippen LogP contribution in [0.5, 0.6) is 0 Å². The van der Waals surface area contributed by atoms with E-state index in [9.17, 15) is 14.4 Å². The van der Waals surface area contributed by atoms with Crippen molar-refractivity contribution >= 4 is 41.9 Å². The maximum absolute atomic E-state index is 12.3. The second kappa shape index (κ2) is 9.52. The number of halogens is 1. The number of urea groups is 1. The standard InChI is InChI=1S/C18H29BrN2O4Si/c1-6-25-16(22)15(11-12-18(2,3)26(4,5)24)21-17(23)20-14-9-7-13(19)8-10-14/h7-10,15,24H,6,11-12H2,1-5H3,(H2,20,21,23)/t15-/m0/s1. The molecule has 146 valence electrons. The number of carbonyl (C=O) groups is 2. The Morgan fingerprint density at radius 1 is 1.27 bits per heavy atom. The molecule has 0 heterocycles. The molecule has 1 aromatic rings. The van der Waals surface area contributed by atoms with Crippen molar-refractivity contribution in [2.75, 3.05) is 11.9 Å². The van der Waals surface area contributed by atoms with Crippen molar-refractivity contribution in [2.45, 2.75) is 57.8 Å². The summed E-state index contributed by atoms with van der Waals surface area (Å²) < 4.78 is 5.99. The van der Waals surface area contributed by atoms with Gasteiger partial charge < -0.3 is 20.2 Å². The summed E-state index contributed by atoms with van der Waals surface area (Å²) in [7, 11) is -2.40. The summed E-state index contributed by atoms with van der Waals surface area (Å²) >= 11 is 3.34. The van der Waals surface area contributed by atoms with E-state index in [1.54, 1.807) is 19.1 Å². The summed E-state index contributed by atoms with van der Waals surface area (Å²) in [4.78, 5) is 34.9. The second-order valence-electron chi connectivity index (χ2n) is 7.39. The number of amides is 2. The first-order chi connectivity index (χ1) is 12.0. The molecule has 26 heavy (non-hydrogen) atoms. The summed E-state index contributed by atoms with van der Waals surface area (Å²) in [6, 6.07) is 5.91. The maximum Gasteiger partial charge on any atom is 0.328 e. The van der Waals surface area contributed by atoms with Crippen molar-refractivity contribution in [1.82, 2.24) is 5.32 Å². The number of benzene rings is 1. The molecule has 0 aliphatic rings. The lowest BCUT2D eigenvalue weighted by Crippen LogP contribution is -2.46. The summed E-state index contributed by atoms with van der Waals surface area (Å²) in [5.41, 5.74) is 0.623. The highest BCUT2D eigenvalue weighted by molar-refractivity contribution is 9.10. The van der Waals surface area contributed by atoms with Crippen LogP contribution in [0.2, 0.25) is 18.1 Å². The van der Waals surface area contributed by atoms with Gasteiger partial charge in [0.05, 0.1) is 6.61 Å². The van der Waals surface area contributed by atoms with Crippen molar-refractivity contribution in [1.29, 1.82) is 0 Å². The largest absolute Gasteiger partial charge is 0.464 e. The molecule has 0 aliphatic carbocycles. The number of nitrogens with one attached hydrogen (secondary N) is 2. The zero-order chi connectivity index (χ0) is 20.0. The molecule has 1 atom stereocenters. The lowest BCUT2D eigenvalue weighted by molar-refractivity contribution is -0.145. The fourth-order valence-corrected chi connectivity index (χ4v) is 3.18. The van der Waals surface area contributed by atoms with E-state index in [1.165, 1.54) is 0 Å². The first-order valence-electron chi connectivity index (χ1n) is 8.68. The average Bonchev–Trinajstić information content (AvgIpc) is 2.52. The van der Waals surface area contributed by atoms with Gasteiger partial charge in [-0.25, -0.2) is 9.59 Å². The minimum atomic E-state index is -2.40. The van der Waals surface area contributed by atoms with Crippen molar-refractivity contribution in [2.24, 2.45) is 0 Å². The molecule has 0 spiro atoms. The third kappa shape index (κ3) is 7.09. The zero-order valence-corrected chi connectivity index (χ0v) is 18.6. The molecule has 0 unspecified atom stereocenters. The Morgan fingerprint density at radius 2 is 1.85 bits per heavy atom. The fraction of sp³-hybridized carbons (Fsp3) is 0.556. The molecule has 0 bridgehead atoms. The molecular weight excluding hydrogens is 416 g/mol. The molecule has 0 radical (unpaired) electrons. The second-order valence-corrected chi connectivity index (χ2v) is 12.8. The van der Waals surface area contributed by atoms with Crippen molar-refractivity contribution in [3.05, 3.63) is 28.7 Å². The Kier molecular flexibility index (Phi) is 8.30. The molecule has 0 aliphatic heterocycles. The lowest BCUT2D eigenvalue weighted by Gasteiger charge is -2.35. The zero-order valence-electron chi connectivity index (χ0n) is 16.1. The molecule has 6 nitrogen and oxygen atoms in total. The van der Waals surface area contributed by atoms with E-state index in [1.807, 2.05) is 39.1 Å². The van der Waals surface area contributed by atoms with E-state index in [-0.39, 0.29) is 11.6 Å². The van der Waals surface area contributed by atoms with Crippen LogP contribution in [0.4, 0.5) is 10.5 Å². The van der Waals surface area contributed by atoms with Crippen LogP contribution in [0.15, 0.2) is 28.7 Å². The van der Waals surface area contributed by atoms with Crippen LogP contribution in [0.25, 0.3) is 0 Å². The van der Waals surface area contributed by atoms with Gasteiger partial charge in [0, 0.05) is 10.2 Å². The van der Waals surface area contributed by atoms with Crippen LogP contribution in [0.3, 0.4) is 0 Å². The molecule has 2 amide bonds. The topological polar surface area (TPSA) is 87.7 Å². The van der Waals surface area contributed by atoms with E-state index in [0.717, 1.165) is 4.47 Å². The van der Waals surface area contributed by atoms with E-state index < -0.39 is 26.4 Å². The van der Waals surface area contributed by atoms with E-state index in [2.05, 4.69) is 26.6 Å². The molecule has 0 fully saturated rings. The Bertz CT molecular complexity index is 615. The Balaban J connectivity index is 2.75. The van der Waals surface area contributed by atoms with Gasteiger partial charge in [-0.2, -0.15) is 0 Å². The molecule has 0 aromatic heterocycles. The number of hydrogen-bond acceptors (Lipinski definition) is 4. The van der Waals surface area contributed by atoms with E-state index in [0.29, 0.717) is 18.5 Å². The molecular formula is C18H29BrN2O4Si. The monoisotopic (exact) mass is 444 g/mol. The van der Waals surface area contributed by atoms with Gasteiger partial charge in [0.25, 0.3) is 0 Å². The van der Waals surface area contributed by atoms with Gasteiger partial charge >= 0.3 is 12.0 Å². The van der Waals surface area contributed by atoms with Crippen LogP contribution < -0.4 is 10.6 Å². The first kappa shape index (κ1) is 22.7. The van der Waals surface area contributed by atoms with Crippen molar-refractivity contribution < 1.29 is 19.1 Å². The molecule has 3 N–H and O–H groups in total. The molecule has 8 heteroatoms. The summed E-state index contributed by atoms with van der Waals surface area (Å²) in [6.07, 6.45) is 1.00. The highest BCUT2D eigenvalue weighted by Gasteiger charge is 2.39. The van der Waals surface area contributed by atoms with Crippen molar-refractivity contribution in [3.8, 4) is 0 Å². The minimum absolute atomic E-state index is 0.245. The van der Waals surface area contributed by atoms with Gasteiger partial charge in [-0.15, -0.1) is 0 Å². The average molecular weight is 445 g/mol. The quantitative estimate of drug-likeness (QED) is 0.412. The van der Waals surface area contributed by atoms with Crippen LogP contribution in [0.1, 0.15) is 33.6 Å². The van der Waals surface area contributed by atoms with Crippen LogP contribution in [0, 0.1) is 0 Å².